The molecule has 0 radical (unpaired) electrons. The van der Waals surface area contributed by atoms with Gasteiger partial charge in [-0.25, -0.2) is 0 Å². The molecule has 0 heterocycles. The molecule has 2 aliphatic rings. The number of rotatable bonds is 2. The van der Waals surface area contributed by atoms with Crippen molar-refractivity contribution in [2.75, 3.05) is 0 Å². The molecule has 0 aromatic carbocycles. The van der Waals surface area contributed by atoms with Crippen molar-refractivity contribution in [3.05, 3.63) is 0 Å². The molecule has 0 saturated heterocycles. The van der Waals surface area contributed by atoms with Crippen LogP contribution in [0.3, 0.4) is 0 Å². The summed E-state index contributed by atoms with van der Waals surface area (Å²) in [4.78, 5) is 10.6. The summed E-state index contributed by atoms with van der Waals surface area (Å²) in [5.74, 6) is 1.53. The van der Waals surface area contributed by atoms with Crippen molar-refractivity contribution in [3.63, 3.8) is 0 Å². The van der Waals surface area contributed by atoms with Crippen molar-refractivity contribution in [3.8, 4) is 0 Å². The van der Waals surface area contributed by atoms with Gasteiger partial charge in [-0.3, -0.25) is 0 Å². The number of carbonyl (C=O) groups is 1. The summed E-state index contributed by atoms with van der Waals surface area (Å²) in [6.45, 7) is 6.25. The van der Waals surface area contributed by atoms with Gasteiger partial charge in [0, 0.05) is 5.92 Å². The lowest BCUT2D eigenvalue weighted by Crippen LogP contribution is -2.28. The summed E-state index contributed by atoms with van der Waals surface area (Å²) in [5.41, 5.74) is -0.0599. The lowest BCUT2D eigenvalue weighted by Gasteiger charge is -2.26. The highest BCUT2D eigenvalue weighted by Crippen LogP contribution is 2.57. The average Bonchev–Trinajstić information content (AvgIpc) is 2.57. The molecule has 0 spiro atoms. The predicted octanol–water partition coefficient (Wildman–Crippen LogP) is 2.02. The maximum Gasteiger partial charge on any atom is 0.123 e. The Kier molecular flexibility index (Phi) is 1.99. The molecule has 4 atom stereocenters. The Morgan fingerprint density at radius 3 is 2.46 bits per heavy atom. The molecule has 0 N–H and O–H groups in total. The van der Waals surface area contributed by atoms with Gasteiger partial charge in [-0.15, -0.1) is 0 Å². The zero-order valence-corrected chi connectivity index (χ0v) is 8.62. The molecule has 2 nitrogen and oxygen atoms in total. The van der Waals surface area contributed by atoms with Crippen LogP contribution in [0.5, 0.6) is 0 Å². The molecular formula is C11H18O2. The van der Waals surface area contributed by atoms with E-state index in [2.05, 4.69) is 20.8 Å². The van der Waals surface area contributed by atoms with Crippen molar-refractivity contribution >= 4 is 6.29 Å². The number of hydrogen-bond donors (Lipinski definition) is 0. The lowest BCUT2D eigenvalue weighted by molar-refractivity contribution is -0.111. The monoisotopic (exact) mass is 182 g/mol. The highest BCUT2D eigenvalue weighted by atomic mass is 16.5. The maximum atomic E-state index is 10.6. The van der Waals surface area contributed by atoms with E-state index in [1.165, 1.54) is 6.42 Å². The lowest BCUT2D eigenvalue weighted by atomic mass is 10.1. The minimum Gasteiger partial charge on any atom is -0.372 e. The summed E-state index contributed by atoms with van der Waals surface area (Å²) in [7, 11) is 0. The third-order valence-electron chi connectivity index (χ3n) is 3.17. The quantitative estimate of drug-likeness (QED) is 0.611. The van der Waals surface area contributed by atoms with Gasteiger partial charge in [0.25, 0.3) is 0 Å². The Labute approximate surface area is 79.7 Å². The SMILES string of the molecule is CC(C)(C)O[C@H]1CC[C@H]2[C@@H](C=O)[C@H]21. The molecule has 2 rings (SSSR count). The van der Waals surface area contributed by atoms with Gasteiger partial charge in [0.2, 0.25) is 0 Å². The van der Waals surface area contributed by atoms with E-state index < -0.39 is 0 Å². The summed E-state index contributed by atoms with van der Waals surface area (Å²) in [6.07, 6.45) is 3.81. The fourth-order valence-corrected chi connectivity index (χ4v) is 2.67. The number of hydrogen-bond acceptors (Lipinski definition) is 2. The number of aldehydes is 1. The van der Waals surface area contributed by atoms with Crippen LogP contribution in [0.1, 0.15) is 33.6 Å². The molecule has 0 aliphatic heterocycles. The van der Waals surface area contributed by atoms with E-state index in [9.17, 15) is 4.79 Å². The molecule has 74 valence electrons. The maximum absolute atomic E-state index is 10.6. The first kappa shape index (κ1) is 9.20. The van der Waals surface area contributed by atoms with Gasteiger partial charge in [0.05, 0.1) is 11.7 Å². The van der Waals surface area contributed by atoms with Crippen molar-refractivity contribution < 1.29 is 9.53 Å². The summed E-state index contributed by atoms with van der Waals surface area (Å²) in [5, 5.41) is 0. The Bertz CT molecular complexity index is 217. The predicted molar refractivity (Wildman–Crippen MR) is 50.4 cm³/mol. The van der Waals surface area contributed by atoms with Crippen LogP contribution in [0, 0.1) is 17.8 Å². The van der Waals surface area contributed by atoms with E-state index in [-0.39, 0.29) is 5.60 Å². The first-order chi connectivity index (χ1) is 6.03. The fourth-order valence-electron chi connectivity index (χ4n) is 2.67. The van der Waals surface area contributed by atoms with Gasteiger partial charge in [0.15, 0.2) is 0 Å². The molecule has 13 heavy (non-hydrogen) atoms. The number of ether oxygens (including phenoxy) is 1. The van der Waals surface area contributed by atoms with Crippen LogP contribution in [-0.4, -0.2) is 18.0 Å². The van der Waals surface area contributed by atoms with Gasteiger partial charge in [0.1, 0.15) is 6.29 Å². The Morgan fingerprint density at radius 1 is 1.31 bits per heavy atom. The van der Waals surface area contributed by atoms with E-state index in [4.69, 9.17) is 4.74 Å². The third kappa shape index (κ3) is 1.64. The molecule has 2 heteroatoms. The van der Waals surface area contributed by atoms with E-state index in [1.807, 2.05) is 0 Å². The summed E-state index contributed by atoms with van der Waals surface area (Å²) in [6, 6.07) is 0. The van der Waals surface area contributed by atoms with Crippen LogP contribution in [-0.2, 0) is 9.53 Å². The second-order valence-electron chi connectivity index (χ2n) is 5.30. The Hall–Kier alpha value is -0.370. The van der Waals surface area contributed by atoms with Gasteiger partial charge < -0.3 is 9.53 Å². The third-order valence-corrected chi connectivity index (χ3v) is 3.17. The smallest absolute Gasteiger partial charge is 0.123 e. The molecule has 0 unspecified atom stereocenters. The molecule has 0 amide bonds. The molecular weight excluding hydrogens is 164 g/mol. The van der Waals surface area contributed by atoms with Crippen molar-refractivity contribution in [1.82, 2.24) is 0 Å². The van der Waals surface area contributed by atoms with Crippen LogP contribution in [0.25, 0.3) is 0 Å². The second kappa shape index (κ2) is 2.81. The van der Waals surface area contributed by atoms with Gasteiger partial charge >= 0.3 is 0 Å². The highest BCUT2D eigenvalue weighted by molar-refractivity contribution is 5.60. The molecule has 2 aliphatic carbocycles. The second-order valence-corrected chi connectivity index (χ2v) is 5.30. The van der Waals surface area contributed by atoms with Crippen LogP contribution in [0.4, 0.5) is 0 Å². The topological polar surface area (TPSA) is 26.3 Å². The molecule has 0 bridgehead atoms. The first-order valence-electron chi connectivity index (χ1n) is 5.16. The zero-order valence-electron chi connectivity index (χ0n) is 8.62. The van der Waals surface area contributed by atoms with E-state index >= 15 is 0 Å². The highest BCUT2D eigenvalue weighted by Gasteiger charge is 2.58. The summed E-state index contributed by atoms with van der Waals surface area (Å²) < 4.78 is 5.93. The fraction of sp³-hybridized carbons (Fsp3) is 0.909. The summed E-state index contributed by atoms with van der Waals surface area (Å²) >= 11 is 0. The average molecular weight is 182 g/mol. The number of carbonyl (C=O) groups excluding carboxylic acids is 1. The van der Waals surface area contributed by atoms with Gasteiger partial charge in [-0.1, -0.05) is 0 Å². The van der Waals surface area contributed by atoms with Crippen molar-refractivity contribution in [1.29, 1.82) is 0 Å². The Morgan fingerprint density at radius 2 is 2.00 bits per heavy atom. The van der Waals surface area contributed by atoms with E-state index in [1.54, 1.807) is 0 Å². The van der Waals surface area contributed by atoms with Crippen molar-refractivity contribution in [2.45, 2.75) is 45.3 Å². The molecule has 2 fully saturated rings. The zero-order chi connectivity index (χ0) is 9.64. The van der Waals surface area contributed by atoms with Crippen molar-refractivity contribution in [2.24, 2.45) is 17.8 Å². The largest absolute Gasteiger partial charge is 0.372 e. The molecule has 0 aromatic rings. The van der Waals surface area contributed by atoms with E-state index in [0.29, 0.717) is 23.9 Å². The van der Waals surface area contributed by atoms with Crippen LogP contribution >= 0.6 is 0 Å². The minimum absolute atomic E-state index is 0.0599. The number of fused-ring (bicyclic) bond motifs is 1. The normalized spacial score (nSPS) is 43.0. The van der Waals surface area contributed by atoms with Crippen LogP contribution < -0.4 is 0 Å². The van der Waals surface area contributed by atoms with Gasteiger partial charge in [-0.05, 0) is 45.4 Å². The molecule has 2 saturated carbocycles. The first-order valence-corrected chi connectivity index (χ1v) is 5.16. The minimum atomic E-state index is -0.0599. The van der Waals surface area contributed by atoms with E-state index in [0.717, 1.165) is 12.7 Å². The van der Waals surface area contributed by atoms with Gasteiger partial charge in [-0.2, -0.15) is 0 Å². The van der Waals surface area contributed by atoms with Crippen LogP contribution in [0.2, 0.25) is 0 Å². The molecule has 0 aromatic heterocycles. The van der Waals surface area contributed by atoms with Crippen LogP contribution in [0.15, 0.2) is 0 Å². The standard InChI is InChI=1S/C11H18O2/c1-11(2,3)13-9-5-4-7-8(6-12)10(7)9/h6-10H,4-5H2,1-3H3/t7-,8+,9-,10-/m0/s1. The Balaban J connectivity index is 1.92.